The summed E-state index contributed by atoms with van der Waals surface area (Å²) < 4.78 is 76.8. The lowest BCUT2D eigenvalue weighted by molar-refractivity contribution is -0.137. The number of hydrogen-bond donors (Lipinski definition) is 13. The average Bonchev–Trinajstić information content (AvgIpc) is 1.04. The monoisotopic (exact) mass is 1720 g/mol. The summed E-state index contributed by atoms with van der Waals surface area (Å²) in [6, 6.07) is 20.9. The van der Waals surface area contributed by atoms with Crippen molar-refractivity contribution in [2.45, 2.75) is 151 Å². The van der Waals surface area contributed by atoms with Crippen molar-refractivity contribution in [3.05, 3.63) is 177 Å². The first-order valence-electron chi connectivity index (χ1n) is 42.1. The zero-order chi connectivity index (χ0) is 89.2. The number of aliphatic carboxylic acids is 1. The van der Waals surface area contributed by atoms with E-state index in [1.807, 2.05) is 0 Å². The van der Waals surface area contributed by atoms with E-state index in [1.54, 1.807) is 24.3 Å². The third-order valence-electron chi connectivity index (χ3n) is 24.1. The Morgan fingerprint density at radius 1 is 0.496 bits per heavy atom. The number of imide groups is 4. The highest BCUT2D eigenvalue weighted by molar-refractivity contribution is 6.27. The van der Waals surface area contributed by atoms with E-state index in [1.165, 1.54) is 79.1 Å². The molecular weight excluding hydrogens is 1630 g/mol. The summed E-state index contributed by atoms with van der Waals surface area (Å²) in [6.07, 6.45) is 15.4. The van der Waals surface area contributed by atoms with Gasteiger partial charge in [-0.25, -0.2) is 17.6 Å². The van der Waals surface area contributed by atoms with Crippen molar-refractivity contribution < 1.29 is 95.6 Å². The lowest BCUT2D eigenvalue weighted by Crippen LogP contribution is -2.63. The minimum Gasteiger partial charge on any atom is -0.480 e. The minimum absolute atomic E-state index is 0.00536. The Morgan fingerprint density at radius 3 is 1.28 bits per heavy atom. The molecule has 8 saturated carbocycles. The molecule has 0 radical (unpaired) electrons. The van der Waals surface area contributed by atoms with Gasteiger partial charge in [0.25, 0.3) is 47.3 Å². The number of halogens is 5. The van der Waals surface area contributed by atoms with Gasteiger partial charge in [0.15, 0.2) is 0 Å². The highest BCUT2D eigenvalue weighted by Crippen LogP contribution is 2.60. The van der Waals surface area contributed by atoms with Crippen LogP contribution in [0.25, 0.3) is 44.1 Å². The molecule has 13 amide bonds. The maximum atomic E-state index is 15.6. The maximum Gasteiger partial charge on any atom is 0.322 e. The highest BCUT2D eigenvalue weighted by Gasteiger charge is 2.58. The van der Waals surface area contributed by atoms with Crippen molar-refractivity contribution in [1.29, 1.82) is 0 Å². The largest absolute Gasteiger partial charge is 0.480 e. The topological polar surface area (TPSA) is 450 Å². The van der Waals surface area contributed by atoms with Crippen LogP contribution in [0.15, 0.2) is 109 Å². The number of rotatable bonds is 29. The van der Waals surface area contributed by atoms with Crippen LogP contribution in [0.4, 0.5) is 44.7 Å². The van der Waals surface area contributed by atoms with Crippen LogP contribution in [0.5, 0.6) is 0 Å². The Hall–Kier alpha value is -13.7. The number of nitrogens with zero attached hydrogens (tertiary/aromatic N) is 4. The van der Waals surface area contributed by atoms with Crippen LogP contribution in [0.2, 0.25) is 0 Å². The number of hydrogen-bond acceptors (Lipinski definition) is 21. The number of pyridine rings is 2. The van der Waals surface area contributed by atoms with Crippen molar-refractivity contribution in [1.82, 2.24) is 57.0 Å². The minimum atomic E-state index is -1.12. The van der Waals surface area contributed by atoms with Crippen molar-refractivity contribution in [3.8, 4) is 22.3 Å². The predicted molar refractivity (Wildman–Crippen MR) is 446 cm³/mol. The van der Waals surface area contributed by atoms with Gasteiger partial charge in [0.2, 0.25) is 29.5 Å². The Bertz CT molecular complexity index is 5840. The number of alkyl halides is 1. The van der Waals surface area contributed by atoms with Crippen LogP contribution in [0.3, 0.4) is 0 Å². The van der Waals surface area contributed by atoms with Gasteiger partial charge in [0.1, 0.15) is 41.9 Å². The molecule has 36 heteroatoms. The second kappa shape index (κ2) is 36.0. The van der Waals surface area contributed by atoms with Crippen molar-refractivity contribution in [3.63, 3.8) is 0 Å². The van der Waals surface area contributed by atoms with Gasteiger partial charge in [0.05, 0.1) is 82.0 Å². The molecule has 4 aliphatic heterocycles. The maximum absolute atomic E-state index is 15.6. The zero-order valence-electron chi connectivity index (χ0n) is 68.5. The standard InChI is InChI=1S/C44H42F2N8O7.C29H31F2N5O2.C15H13N3O6.CH3F/c45-30-14-23(27-15-28-33(16-31(27)46)49-20-29(40(58)51-24-7-8-24)38(28)53-44-17-22(18-44)19-44)6-9-25(30)39(57)48-13-2-1-12-47-36(56)21-50-32-5-3-4-26-37(32)43(61)54(42(26)60)34-10-11-35(55)52-41(34)59;30-23-9-17(3-6-19(23)27(37)33-8-2-1-7-32)20-10-21-25(11-24(20)31)34-15-22(28(38)35-18-4-5-18)26(21)36-29-12-16(13-29)14-29;19-10-5-4-9(13(22)17-10)18-14(23)7-2-1-3-8(12(7)15(18)24)16-6-11(20)21;1-2/h3-6,9,14-16,20,22,24,34,50H,1-2,7-8,10-13,17-19,21H2,(H,47,56)(H,48,57)(H,49,53)(H,51,58)(H,52,55,59);3,6,9-11,15-16,18H,1-2,4-5,7-8,12-14,32H2,(H,33,37)(H,34,36)(H,35,38);1-3,9,16H,4-6H2,(H,20,21)(H,17,19,22);1H3/i;;;1D. The Morgan fingerprint density at radius 2 is 0.904 bits per heavy atom. The van der Waals surface area contributed by atoms with Crippen LogP contribution in [-0.2, 0) is 28.8 Å². The molecule has 8 aromatic rings. The smallest absolute Gasteiger partial charge is 0.322 e. The molecule has 6 aromatic carbocycles. The van der Waals surface area contributed by atoms with Crippen molar-refractivity contribution >= 4 is 127 Å². The van der Waals surface area contributed by atoms with E-state index in [4.69, 9.17) is 12.2 Å². The number of carbonyl (C=O) groups excluding carboxylic acids is 13. The third kappa shape index (κ3) is 18.1. The fraction of sp³-hybridized carbons (Fsp3) is 0.371. The van der Waals surface area contributed by atoms with Crippen LogP contribution in [-0.4, -0.2) is 189 Å². The molecular formula is C89H89F5N16O15. The van der Waals surface area contributed by atoms with Crippen LogP contribution in [0.1, 0.15) is 200 Å². The second-order valence-electron chi connectivity index (χ2n) is 33.0. The fourth-order valence-corrected chi connectivity index (χ4v) is 17.1. The first-order valence-corrected chi connectivity index (χ1v) is 41.3. The van der Waals surface area contributed by atoms with Gasteiger partial charge in [-0.3, -0.25) is 102 Å². The molecule has 2 saturated heterocycles. The summed E-state index contributed by atoms with van der Waals surface area (Å²) in [4.78, 5) is 184. The van der Waals surface area contributed by atoms with Crippen LogP contribution < -0.4 is 64.2 Å². The molecule has 650 valence electrons. The zero-order valence-corrected chi connectivity index (χ0v) is 67.5. The first kappa shape index (κ1) is 84.9. The van der Waals surface area contributed by atoms with Gasteiger partial charge in [-0.05, 0) is 193 Å². The number of fused-ring (bicyclic) bond motifs is 4. The van der Waals surface area contributed by atoms with E-state index in [2.05, 4.69) is 68.5 Å². The lowest BCUT2D eigenvalue weighted by Gasteiger charge is -2.62. The number of anilines is 4. The van der Waals surface area contributed by atoms with Gasteiger partial charge < -0.3 is 58.7 Å². The molecule has 0 spiro atoms. The van der Waals surface area contributed by atoms with Gasteiger partial charge in [-0.15, -0.1) is 0 Å². The Balaban J connectivity index is 0.000000159. The summed E-state index contributed by atoms with van der Waals surface area (Å²) in [5, 5.41) is 41.0. The van der Waals surface area contributed by atoms with E-state index in [0.717, 1.165) is 92.4 Å². The summed E-state index contributed by atoms with van der Waals surface area (Å²) >= 11 is 0. The molecule has 125 heavy (non-hydrogen) atoms. The third-order valence-corrected chi connectivity index (χ3v) is 24.1. The number of piperidine rings is 2. The number of carboxylic acid groups (broad SMARTS) is 1. The summed E-state index contributed by atoms with van der Waals surface area (Å²) in [6.45, 7) is 0.724. The van der Waals surface area contributed by atoms with Crippen molar-refractivity contribution in [2.24, 2.45) is 17.6 Å². The quantitative estimate of drug-likeness (QED) is 0.0118. The fourth-order valence-electron chi connectivity index (χ4n) is 17.1. The lowest BCUT2D eigenvalue weighted by atomic mass is 9.50. The van der Waals surface area contributed by atoms with E-state index in [9.17, 15) is 75.9 Å². The number of carbonyl (C=O) groups is 14. The van der Waals surface area contributed by atoms with Gasteiger partial charge >= 0.3 is 5.97 Å². The van der Waals surface area contributed by atoms with Crippen LogP contribution >= 0.6 is 0 Å². The number of nitrogens with two attached hydrogens (primary N) is 1. The molecule has 14 N–H and O–H groups in total. The number of carboxylic acids is 1. The number of aromatic nitrogens is 2. The normalized spacial score (nSPS) is 20.9. The van der Waals surface area contributed by atoms with Gasteiger partial charge in [0, 0.05) is 113 Å². The predicted octanol–water partition coefficient (Wildman–Crippen LogP) is 8.85. The molecule has 8 aliphatic carbocycles. The van der Waals surface area contributed by atoms with Gasteiger partial charge in [-0.2, -0.15) is 0 Å². The first-order chi connectivity index (χ1) is 60.5. The SMILES string of the molecule is NCCCCNC(=O)c1ccc(-c2cc3c(NC45CC(C4)C5)c(C(=O)NC4CC4)cnc3cc2F)cc1F.O=C(CNc1cccc2c1C(=O)N(C1CCC(=O)NC1=O)C2=O)NCCCCNC(=O)c1ccc(-c2cc3c(NC45CC(C4)C5)c(C(=O)NC4CC4)cnc3cc2F)cc1F.O=C(O)CNc1cccc2c1C(=O)N(C1CCC(=O)NC1=O)C2=O.[2H]CF. The molecule has 2 atom stereocenters. The Kier molecular flexibility index (Phi) is 24.5. The molecule has 10 fully saturated rings. The van der Waals surface area contributed by atoms with Crippen LogP contribution in [0, 0.1) is 35.1 Å². The summed E-state index contributed by atoms with van der Waals surface area (Å²) in [7, 11) is -1.00. The van der Waals surface area contributed by atoms with E-state index < -0.39 is 120 Å². The molecule has 12 aliphatic rings. The van der Waals surface area contributed by atoms with Crippen molar-refractivity contribution in [2.75, 3.05) is 67.7 Å². The molecule has 6 heterocycles. The summed E-state index contributed by atoms with van der Waals surface area (Å²) in [5.41, 5.74) is 9.32. The van der Waals surface area contributed by atoms with Gasteiger partial charge in [-0.1, -0.05) is 24.3 Å². The number of amides is 13. The molecule has 2 unspecified atom stereocenters. The molecule has 31 nitrogen and oxygen atoms in total. The molecule has 20 rings (SSSR count). The number of benzene rings is 6. The van der Waals surface area contributed by atoms with E-state index in [-0.39, 0.29) is 142 Å². The highest BCUT2D eigenvalue weighted by atomic mass is 19.1. The molecule has 2 aromatic heterocycles. The number of unbranched alkanes of at least 4 members (excludes halogenated alkanes) is 2. The van der Waals surface area contributed by atoms with E-state index >= 15 is 13.2 Å². The van der Waals surface area contributed by atoms with E-state index in [0.29, 0.717) is 88.1 Å². The number of nitrogens with one attached hydrogen (secondary N) is 11. The average molecular weight is 1720 g/mol. The second-order valence-corrected chi connectivity index (χ2v) is 33.0. The summed E-state index contributed by atoms with van der Waals surface area (Å²) in [5.74, 6) is -9.50. The Labute approximate surface area is 712 Å². The molecule has 4 bridgehead atoms.